The summed E-state index contributed by atoms with van der Waals surface area (Å²) in [6, 6.07) is 0.617. The van der Waals surface area contributed by atoms with Crippen molar-refractivity contribution in [3.63, 3.8) is 0 Å². The molecule has 1 nitrogen and oxygen atoms in total. The summed E-state index contributed by atoms with van der Waals surface area (Å²) in [4.78, 5) is 0. The number of nitrogens with one attached hydrogen (secondary N) is 1. The maximum Gasteiger partial charge on any atom is 0.392 e. The van der Waals surface area contributed by atoms with Gasteiger partial charge in [0.1, 0.15) is 0 Å². The molecule has 1 N–H and O–H groups in total. The van der Waals surface area contributed by atoms with Gasteiger partial charge in [-0.1, -0.05) is 49.6 Å². The predicted molar refractivity (Wildman–Crippen MR) is 82.2 cm³/mol. The second-order valence-electron chi connectivity index (χ2n) is 5.53. The molecule has 0 atom stereocenters. The summed E-state index contributed by atoms with van der Waals surface area (Å²) in [5, 5.41) is 3.55. The van der Waals surface area contributed by atoms with Gasteiger partial charge >= 0.3 is 6.18 Å². The summed E-state index contributed by atoms with van der Waals surface area (Å²) >= 11 is 0. The highest BCUT2D eigenvalue weighted by atomic mass is 19.4. The number of alkyl halides is 3. The van der Waals surface area contributed by atoms with E-state index in [9.17, 15) is 13.2 Å². The third kappa shape index (κ3) is 9.51. The molecule has 0 spiro atoms. The lowest BCUT2D eigenvalue weighted by molar-refractivity contribution is -0.125. The zero-order chi connectivity index (χ0) is 15.6. The normalized spacial score (nSPS) is 19.0. The molecule has 1 rings (SSSR count). The molecule has 0 saturated heterocycles. The highest BCUT2D eigenvalue weighted by Crippen LogP contribution is 2.20. The summed E-state index contributed by atoms with van der Waals surface area (Å²) in [5.41, 5.74) is 1.05. The number of allylic oxidation sites excluding steroid dienone is 5. The minimum atomic E-state index is -4.12. The summed E-state index contributed by atoms with van der Waals surface area (Å²) in [5.74, 6) is 0. The quantitative estimate of drug-likeness (QED) is 0.628. The lowest BCUT2D eigenvalue weighted by Gasteiger charge is -2.22. The first-order chi connectivity index (χ1) is 10.0. The van der Waals surface area contributed by atoms with Gasteiger partial charge in [-0.2, -0.15) is 13.2 Å². The van der Waals surface area contributed by atoms with Crippen LogP contribution in [0.5, 0.6) is 0 Å². The molecule has 0 unspecified atom stereocenters. The first-order valence-electron chi connectivity index (χ1n) is 7.80. The first-order valence-corrected chi connectivity index (χ1v) is 7.80. The molecule has 0 aromatic heterocycles. The highest BCUT2D eigenvalue weighted by Gasteiger charge is 2.24. The molecule has 0 radical (unpaired) electrons. The van der Waals surface area contributed by atoms with E-state index in [4.69, 9.17) is 0 Å². The largest absolute Gasteiger partial charge is 0.392 e. The zero-order valence-corrected chi connectivity index (χ0v) is 12.8. The Labute approximate surface area is 126 Å². The summed E-state index contributed by atoms with van der Waals surface area (Å²) in [6.07, 6.45) is 10.6. The Balaban J connectivity index is 2.34. The van der Waals surface area contributed by atoms with Gasteiger partial charge in [-0.15, -0.1) is 0 Å². The van der Waals surface area contributed by atoms with E-state index in [1.165, 1.54) is 38.2 Å². The van der Waals surface area contributed by atoms with Crippen LogP contribution in [0.1, 0.15) is 51.9 Å². The number of hydrogen-bond acceptors (Lipinski definition) is 1. The molecule has 0 heterocycles. The van der Waals surface area contributed by atoms with Crippen molar-refractivity contribution in [2.45, 2.75) is 64.1 Å². The van der Waals surface area contributed by atoms with E-state index in [0.717, 1.165) is 24.6 Å². The van der Waals surface area contributed by atoms with E-state index < -0.39 is 12.6 Å². The van der Waals surface area contributed by atoms with Gasteiger partial charge in [0, 0.05) is 6.04 Å². The van der Waals surface area contributed by atoms with Gasteiger partial charge in [-0.05, 0) is 38.3 Å². The zero-order valence-electron chi connectivity index (χ0n) is 12.8. The fourth-order valence-electron chi connectivity index (χ4n) is 2.56. The third-order valence-electron chi connectivity index (χ3n) is 3.63. The van der Waals surface area contributed by atoms with Crippen molar-refractivity contribution in [2.75, 3.05) is 6.54 Å². The monoisotopic (exact) mass is 301 g/mol. The van der Waals surface area contributed by atoms with Crippen LogP contribution in [0.2, 0.25) is 0 Å². The maximum atomic E-state index is 12.0. The minimum Gasteiger partial charge on any atom is -0.314 e. The number of rotatable bonds is 7. The second kappa shape index (κ2) is 9.82. The van der Waals surface area contributed by atoms with E-state index in [1.54, 1.807) is 6.08 Å². The Bertz CT molecular complexity index is 361. The lowest BCUT2D eigenvalue weighted by atomic mass is 9.95. The van der Waals surface area contributed by atoms with Gasteiger partial charge in [0.05, 0.1) is 6.42 Å². The van der Waals surface area contributed by atoms with Crippen molar-refractivity contribution in [2.24, 2.45) is 0 Å². The smallest absolute Gasteiger partial charge is 0.314 e. The van der Waals surface area contributed by atoms with Crippen LogP contribution in [0.15, 0.2) is 36.0 Å². The molecule has 1 aliphatic rings. The molecule has 120 valence electrons. The van der Waals surface area contributed by atoms with Crippen LogP contribution in [0.3, 0.4) is 0 Å². The van der Waals surface area contributed by atoms with Crippen molar-refractivity contribution < 1.29 is 13.2 Å². The number of hydrogen-bond donors (Lipinski definition) is 1. The molecule has 21 heavy (non-hydrogen) atoms. The van der Waals surface area contributed by atoms with Crippen molar-refractivity contribution in [3.8, 4) is 0 Å². The van der Waals surface area contributed by atoms with Gasteiger partial charge in [-0.25, -0.2) is 0 Å². The fourth-order valence-corrected chi connectivity index (χ4v) is 2.56. The topological polar surface area (TPSA) is 12.0 Å². The summed E-state index contributed by atoms with van der Waals surface area (Å²) < 4.78 is 36.1. The van der Waals surface area contributed by atoms with Gasteiger partial charge in [0.25, 0.3) is 0 Å². The van der Waals surface area contributed by atoms with Crippen LogP contribution in [0.4, 0.5) is 13.2 Å². The SMILES string of the molecule is C\C=C/C(=C\C=C\CC(F)(F)F)CCNC1CCCCC1. The molecule has 1 aliphatic carbocycles. The van der Waals surface area contributed by atoms with Gasteiger partial charge in [-0.3, -0.25) is 0 Å². The molecular formula is C17H26F3N. The van der Waals surface area contributed by atoms with Crippen LogP contribution in [-0.4, -0.2) is 18.8 Å². The van der Waals surface area contributed by atoms with E-state index in [0.29, 0.717) is 6.04 Å². The standard InChI is InChI=1S/C17H26F3N/c1-2-8-15(9-6-7-13-17(18,19)20)12-14-21-16-10-4-3-5-11-16/h2,6-9,16,21H,3-5,10-14H2,1H3/b7-6+,8-2-,15-9+. The van der Waals surface area contributed by atoms with Crippen molar-refractivity contribution in [3.05, 3.63) is 36.0 Å². The Morgan fingerprint density at radius 1 is 1.19 bits per heavy atom. The van der Waals surface area contributed by atoms with Crippen molar-refractivity contribution >= 4 is 0 Å². The Morgan fingerprint density at radius 2 is 1.90 bits per heavy atom. The fraction of sp³-hybridized carbons (Fsp3) is 0.647. The average Bonchev–Trinajstić information content (AvgIpc) is 2.43. The molecule has 0 bridgehead atoms. The molecule has 0 aromatic rings. The average molecular weight is 301 g/mol. The van der Waals surface area contributed by atoms with E-state index in [-0.39, 0.29) is 0 Å². The number of halogens is 3. The van der Waals surface area contributed by atoms with Gasteiger partial charge in [0.2, 0.25) is 0 Å². The van der Waals surface area contributed by atoms with Crippen LogP contribution >= 0.6 is 0 Å². The summed E-state index contributed by atoms with van der Waals surface area (Å²) in [6.45, 7) is 2.80. The summed E-state index contributed by atoms with van der Waals surface area (Å²) in [7, 11) is 0. The molecule has 4 heteroatoms. The van der Waals surface area contributed by atoms with Crippen LogP contribution < -0.4 is 5.32 Å². The Hall–Kier alpha value is -1.03. The molecule has 1 fully saturated rings. The second-order valence-corrected chi connectivity index (χ2v) is 5.53. The van der Waals surface area contributed by atoms with E-state index in [1.807, 2.05) is 19.1 Å². The Morgan fingerprint density at radius 3 is 2.52 bits per heavy atom. The van der Waals surface area contributed by atoms with Crippen LogP contribution in [0.25, 0.3) is 0 Å². The predicted octanol–water partition coefficient (Wildman–Crippen LogP) is 5.31. The molecular weight excluding hydrogens is 275 g/mol. The van der Waals surface area contributed by atoms with Crippen molar-refractivity contribution in [1.82, 2.24) is 5.32 Å². The molecule has 0 amide bonds. The van der Waals surface area contributed by atoms with Crippen LogP contribution in [-0.2, 0) is 0 Å². The van der Waals surface area contributed by atoms with Crippen molar-refractivity contribution in [1.29, 1.82) is 0 Å². The maximum absolute atomic E-state index is 12.0. The van der Waals surface area contributed by atoms with Gasteiger partial charge < -0.3 is 5.32 Å². The highest BCUT2D eigenvalue weighted by molar-refractivity contribution is 5.23. The molecule has 1 saturated carbocycles. The third-order valence-corrected chi connectivity index (χ3v) is 3.63. The van der Waals surface area contributed by atoms with Gasteiger partial charge in [0.15, 0.2) is 0 Å². The molecule has 0 aliphatic heterocycles. The van der Waals surface area contributed by atoms with E-state index in [2.05, 4.69) is 5.32 Å². The molecule has 0 aromatic carbocycles. The van der Waals surface area contributed by atoms with Crippen LogP contribution in [0, 0.1) is 0 Å². The minimum absolute atomic E-state index is 0.617. The van der Waals surface area contributed by atoms with E-state index >= 15 is 0 Å². The lowest BCUT2D eigenvalue weighted by Crippen LogP contribution is -2.31. The first kappa shape index (κ1) is 18.0. The Kier molecular flexibility index (Phi) is 8.43.